The number of methoxy groups -OCH3 is 1. The molecule has 0 spiro atoms. The molecular formula is C21H27N5O3. The Morgan fingerprint density at radius 3 is 2.79 bits per heavy atom. The lowest BCUT2D eigenvalue weighted by atomic mass is 9.95. The fourth-order valence-electron chi connectivity index (χ4n) is 4.24. The summed E-state index contributed by atoms with van der Waals surface area (Å²) < 4.78 is 13.0. The van der Waals surface area contributed by atoms with Crippen molar-refractivity contribution in [3.8, 4) is 5.75 Å². The number of rotatable bonds is 6. The van der Waals surface area contributed by atoms with Crippen molar-refractivity contribution in [2.45, 2.75) is 39.3 Å². The third kappa shape index (κ3) is 3.60. The predicted molar refractivity (Wildman–Crippen MR) is 109 cm³/mol. The molecule has 0 bridgehead atoms. The van der Waals surface area contributed by atoms with Crippen LogP contribution in [0.25, 0.3) is 10.9 Å². The van der Waals surface area contributed by atoms with Crippen molar-refractivity contribution >= 4 is 16.8 Å². The zero-order valence-corrected chi connectivity index (χ0v) is 17.3. The first-order valence-electron chi connectivity index (χ1n) is 9.86. The van der Waals surface area contributed by atoms with E-state index in [1.807, 2.05) is 6.07 Å². The maximum absolute atomic E-state index is 12.1. The van der Waals surface area contributed by atoms with Gasteiger partial charge in [0.15, 0.2) is 5.82 Å². The summed E-state index contributed by atoms with van der Waals surface area (Å²) in [7, 11) is 1.68. The summed E-state index contributed by atoms with van der Waals surface area (Å²) in [5.41, 5.74) is 8.05. The maximum Gasteiger partial charge on any atom is 0.231 e. The third-order valence-electron chi connectivity index (χ3n) is 5.69. The van der Waals surface area contributed by atoms with Gasteiger partial charge in [0.1, 0.15) is 5.75 Å². The van der Waals surface area contributed by atoms with Crippen LogP contribution in [0, 0.1) is 12.8 Å². The molecule has 2 N–H and O–H groups in total. The number of likely N-dealkylation sites (tertiary alicyclic amines) is 1. The summed E-state index contributed by atoms with van der Waals surface area (Å²) in [6, 6.07) is 6.49. The van der Waals surface area contributed by atoms with Crippen LogP contribution < -0.4 is 10.5 Å². The Labute approximate surface area is 169 Å². The van der Waals surface area contributed by atoms with Crippen molar-refractivity contribution in [3.63, 3.8) is 0 Å². The lowest BCUT2D eigenvalue weighted by Gasteiger charge is -2.14. The standard InChI is InChI=1S/C21H27N5O3/c1-12(2)26-9-14(16-7-15(28-4)5-6-19(16)26)8-25-10-17(20(22)27)18(11-25)21-23-13(3)24-29-21/h5-7,9,12,17-18H,8,10-11H2,1-4H3,(H2,22,27)/t17-,18-/m1/s1. The summed E-state index contributed by atoms with van der Waals surface area (Å²) in [5, 5.41) is 5.03. The first-order chi connectivity index (χ1) is 13.9. The van der Waals surface area contributed by atoms with E-state index in [1.54, 1.807) is 14.0 Å². The Bertz CT molecular complexity index is 1040. The number of hydrogen-bond acceptors (Lipinski definition) is 6. The summed E-state index contributed by atoms with van der Waals surface area (Å²) in [6.07, 6.45) is 2.19. The molecule has 1 saturated heterocycles. The van der Waals surface area contributed by atoms with E-state index in [9.17, 15) is 4.79 Å². The number of carbonyl (C=O) groups is 1. The average Bonchev–Trinajstić information content (AvgIpc) is 3.38. The number of primary amides is 1. The molecule has 4 rings (SSSR count). The van der Waals surface area contributed by atoms with Crippen molar-refractivity contribution in [1.29, 1.82) is 0 Å². The number of nitrogens with zero attached hydrogens (tertiary/aromatic N) is 4. The monoisotopic (exact) mass is 397 g/mol. The number of hydrogen-bond donors (Lipinski definition) is 1. The van der Waals surface area contributed by atoms with Crippen LogP contribution in [0.1, 0.15) is 43.1 Å². The van der Waals surface area contributed by atoms with E-state index in [0.717, 1.165) is 11.1 Å². The molecule has 0 aliphatic carbocycles. The lowest BCUT2D eigenvalue weighted by Crippen LogP contribution is -2.29. The molecule has 3 aromatic rings. The van der Waals surface area contributed by atoms with Gasteiger partial charge in [0.05, 0.1) is 18.9 Å². The molecule has 8 nitrogen and oxygen atoms in total. The fourth-order valence-corrected chi connectivity index (χ4v) is 4.24. The van der Waals surface area contributed by atoms with Crippen LogP contribution in [-0.4, -0.2) is 45.7 Å². The second-order valence-electron chi connectivity index (χ2n) is 8.03. The highest BCUT2D eigenvalue weighted by Crippen LogP contribution is 2.35. The van der Waals surface area contributed by atoms with E-state index >= 15 is 0 Å². The second-order valence-corrected chi connectivity index (χ2v) is 8.03. The summed E-state index contributed by atoms with van der Waals surface area (Å²) in [5.74, 6) is 1.02. The van der Waals surface area contributed by atoms with Gasteiger partial charge in [-0.1, -0.05) is 5.16 Å². The number of aryl methyl sites for hydroxylation is 1. The van der Waals surface area contributed by atoms with Crippen LogP contribution >= 0.6 is 0 Å². The Morgan fingerprint density at radius 2 is 2.17 bits per heavy atom. The van der Waals surface area contributed by atoms with E-state index < -0.39 is 0 Å². The minimum atomic E-state index is -0.345. The SMILES string of the molecule is COc1ccc2c(c1)c(CN1C[C@@H](C(N)=O)[C@H](c3nc(C)no3)C1)cn2C(C)C. The first kappa shape index (κ1) is 19.4. The van der Waals surface area contributed by atoms with Gasteiger partial charge in [-0.3, -0.25) is 9.69 Å². The van der Waals surface area contributed by atoms with Gasteiger partial charge >= 0.3 is 0 Å². The molecule has 0 saturated carbocycles. The first-order valence-corrected chi connectivity index (χ1v) is 9.86. The van der Waals surface area contributed by atoms with Crippen molar-refractivity contribution in [2.75, 3.05) is 20.2 Å². The number of carbonyl (C=O) groups excluding carboxylic acids is 1. The van der Waals surface area contributed by atoms with Gasteiger partial charge in [0.25, 0.3) is 0 Å². The minimum absolute atomic E-state index is 0.179. The van der Waals surface area contributed by atoms with Gasteiger partial charge in [0.2, 0.25) is 11.8 Å². The Balaban J connectivity index is 1.65. The molecule has 8 heteroatoms. The third-order valence-corrected chi connectivity index (χ3v) is 5.69. The van der Waals surface area contributed by atoms with Crippen molar-refractivity contribution in [3.05, 3.63) is 41.7 Å². The number of aromatic nitrogens is 3. The number of fused-ring (bicyclic) bond motifs is 1. The second kappa shape index (κ2) is 7.51. The number of benzene rings is 1. The van der Waals surface area contributed by atoms with Crippen LogP contribution in [0.3, 0.4) is 0 Å². The predicted octanol–water partition coefficient (Wildman–Crippen LogP) is 2.62. The van der Waals surface area contributed by atoms with E-state index in [-0.39, 0.29) is 17.7 Å². The Morgan fingerprint density at radius 1 is 1.38 bits per heavy atom. The molecule has 29 heavy (non-hydrogen) atoms. The maximum atomic E-state index is 12.1. The van der Waals surface area contributed by atoms with Gasteiger partial charge in [-0.2, -0.15) is 4.98 Å². The van der Waals surface area contributed by atoms with E-state index in [4.69, 9.17) is 15.0 Å². The molecule has 0 radical (unpaired) electrons. The van der Waals surface area contributed by atoms with E-state index in [1.165, 1.54) is 11.1 Å². The zero-order valence-electron chi connectivity index (χ0n) is 17.3. The molecule has 154 valence electrons. The van der Waals surface area contributed by atoms with Crippen LogP contribution in [0.2, 0.25) is 0 Å². The highest BCUT2D eigenvalue weighted by molar-refractivity contribution is 5.85. The molecular weight excluding hydrogens is 370 g/mol. The highest BCUT2D eigenvalue weighted by Gasteiger charge is 2.40. The van der Waals surface area contributed by atoms with Gasteiger partial charge < -0.3 is 19.6 Å². The summed E-state index contributed by atoms with van der Waals surface area (Å²) in [6.45, 7) is 8.03. The van der Waals surface area contributed by atoms with Gasteiger partial charge in [0, 0.05) is 42.8 Å². The van der Waals surface area contributed by atoms with Crippen LogP contribution in [0.15, 0.2) is 28.9 Å². The highest BCUT2D eigenvalue weighted by atomic mass is 16.5. The number of amides is 1. The van der Waals surface area contributed by atoms with Crippen LogP contribution in [0.4, 0.5) is 0 Å². The van der Waals surface area contributed by atoms with E-state index in [0.29, 0.717) is 37.4 Å². The molecule has 3 heterocycles. The molecule has 1 amide bonds. The summed E-state index contributed by atoms with van der Waals surface area (Å²) in [4.78, 5) is 18.6. The molecule has 1 aromatic carbocycles. The smallest absolute Gasteiger partial charge is 0.231 e. The normalized spacial score (nSPS) is 20.0. The average molecular weight is 397 g/mol. The quantitative estimate of drug-likeness (QED) is 0.686. The Kier molecular flexibility index (Phi) is 5.04. The Hall–Kier alpha value is -2.87. The van der Waals surface area contributed by atoms with Gasteiger partial charge in [-0.25, -0.2) is 0 Å². The largest absolute Gasteiger partial charge is 0.497 e. The van der Waals surface area contributed by atoms with Gasteiger partial charge in [-0.05, 0) is 44.5 Å². The van der Waals surface area contributed by atoms with Crippen molar-refractivity contribution in [2.24, 2.45) is 11.7 Å². The van der Waals surface area contributed by atoms with Crippen LogP contribution in [0.5, 0.6) is 5.75 Å². The molecule has 1 aliphatic heterocycles. The fraction of sp³-hybridized carbons (Fsp3) is 0.476. The topological polar surface area (TPSA) is 99.4 Å². The molecule has 2 aromatic heterocycles. The molecule has 1 fully saturated rings. The number of ether oxygens (including phenoxy) is 1. The van der Waals surface area contributed by atoms with Crippen molar-refractivity contribution in [1.82, 2.24) is 19.6 Å². The minimum Gasteiger partial charge on any atom is -0.497 e. The zero-order chi connectivity index (χ0) is 20.7. The van der Waals surface area contributed by atoms with E-state index in [2.05, 4.69) is 51.8 Å². The molecule has 1 aliphatic rings. The van der Waals surface area contributed by atoms with Crippen LogP contribution in [-0.2, 0) is 11.3 Å². The molecule has 0 unspecified atom stereocenters. The number of nitrogens with two attached hydrogens (primary N) is 1. The summed E-state index contributed by atoms with van der Waals surface area (Å²) >= 11 is 0. The lowest BCUT2D eigenvalue weighted by molar-refractivity contribution is -0.121. The van der Waals surface area contributed by atoms with Gasteiger partial charge in [-0.15, -0.1) is 0 Å². The van der Waals surface area contributed by atoms with Crippen molar-refractivity contribution < 1.29 is 14.1 Å². The molecule has 2 atom stereocenters.